The Bertz CT molecular complexity index is 580. The van der Waals surface area contributed by atoms with Gasteiger partial charge in [-0.1, -0.05) is 0 Å². The second-order valence-electron chi connectivity index (χ2n) is 6.46. The molecule has 0 aromatic rings. The highest BCUT2D eigenvalue weighted by Crippen LogP contribution is 2.29. The molecular weight excluding hydrogens is 378 g/mol. The van der Waals surface area contributed by atoms with Crippen molar-refractivity contribution in [3.8, 4) is 0 Å². The summed E-state index contributed by atoms with van der Waals surface area (Å²) in [5, 5.41) is 21.5. The number of nitrogens with one attached hydrogen (secondary N) is 1. The number of hydrogen-bond acceptors (Lipinski definition) is 10. The van der Waals surface area contributed by atoms with Crippen LogP contribution in [0.3, 0.4) is 0 Å². The minimum absolute atomic E-state index is 0.122. The van der Waals surface area contributed by atoms with Crippen LogP contribution in [0.1, 0.15) is 34.1 Å². The molecule has 0 radical (unpaired) electrons. The summed E-state index contributed by atoms with van der Waals surface area (Å²) in [6.07, 6.45) is -5.61. The average Bonchev–Trinajstić information content (AvgIpc) is 2.57. The molecule has 0 bridgehead atoms. The van der Waals surface area contributed by atoms with E-state index in [0.717, 1.165) is 13.8 Å². The lowest BCUT2D eigenvalue weighted by molar-refractivity contribution is -0.227. The van der Waals surface area contributed by atoms with E-state index in [9.17, 15) is 24.3 Å². The molecule has 28 heavy (non-hydrogen) atoms. The van der Waals surface area contributed by atoms with Crippen molar-refractivity contribution in [3.63, 3.8) is 0 Å². The maximum absolute atomic E-state index is 11.7. The van der Waals surface area contributed by atoms with Gasteiger partial charge in [-0.25, -0.2) is 0 Å². The highest BCUT2D eigenvalue weighted by Gasteiger charge is 2.50. The lowest BCUT2D eigenvalue weighted by atomic mass is 9.89. The molecule has 1 aliphatic rings. The molecule has 0 aliphatic carbocycles. The first-order valence-electron chi connectivity index (χ1n) is 8.74. The molecule has 3 N–H and O–H groups in total. The van der Waals surface area contributed by atoms with E-state index in [1.165, 1.54) is 13.8 Å². The molecule has 11 heteroatoms. The van der Waals surface area contributed by atoms with Crippen LogP contribution in [0.15, 0.2) is 0 Å². The summed E-state index contributed by atoms with van der Waals surface area (Å²) >= 11 is 0. The molecule has 0 spiro atoms. The van der Waals surface area contributed by atoms with E-state index in [-0.39, 0.29) is 13.0 Å². The largest absolute Gasteiger partial charge is 0.463 e. The number of ether oxygens (including phenoxy) is 4. The van der Waals surface area contributed by atoms with Gasteiger partial charge in [0.25, 0.3) is 0 Å². The normalized spacial score (nSPS) is 28.0. The Morgan fingerprint density at radius 1 is 0.964 bits per heavy atom. The number of rotatable bonds is 8. The lowest BCUT2D eigenvalue weighted by Crippen LogP contribution is -2.66. The number of esters is 3. The van der Waals surface area contributed by atoms with Gasteiger partial charge in [-0.3, -0.25) is 19.2 Å². The predicted octanol–water partition coefficient (Wildman–Crippen LogP) is -1.57. The first-order chi connectivity index (χ1) is 13.0. The van der Waals surface area contributed by atoms with Crippen LogP contribution in [0.25, 0.3) is 0 Å². The second kappa shape index (κ2) is 10.9. The van der Waals surface area contributed by atoms with Crippen molar-refractivity contribution in [2.45, 2.75) is 70.7 Å². The number of carbonyl (C=O) groups is 4. The van der Waals surface area contributed by atoms with Gasteiger partial charge in [0, 0.05) is 34.1 Å². The first kappa shape index (κ1) is 23.8. The zero-order valence-electron chi connectivity index (χ0n) is 16.2. The summed E-state index contributed by atoms with van der Waals surface area (Å²) in [5.41, 5.74) is 0. The molecular formula is C17H27NO10. The molecule has 0 aromatic heterocycles. The van der Waals surface area contributed by atoms with Crippen LogP contribution in [-0.2, 0) is 38.1 Å². The van der Waals surface area contributed by atoms with E-state index in [1.54, 1.807) is 0 Å². The number of hydrogen-bond donors (Lipinski definition) is 3. The van der Waals surface area contributed by atoms with E-state index < -0.39 is 67.0 Å². The fourth-order valence-corrected chi connectivity index (χ4v) is 2.97. The Balaban J connectivity index is 3.28. The molecule has 1 fully saturated rings. The van der Waals surface area contributed by atoms with E-state index in [2.05, 4.69) is 5.32 Å². The minimum Gasteiger partial charge on any atom is -0.463 e. The van der Waals surface area contributed by atoms with Crippen molar-refractivity contribution in [3.05, 3.63) is 0 Å². The first-order valence-corrected chi connectivity index (χ1v) is 8.74. The van der Waals surface area contributed by atoms with Crippen molar-refractivity contribution in [1.82, 2.24) is 5.32 Å². The summed E-state index contributed by atoms with van der Waals surface area (Å²) in [6, 6.07) is -0.986. The van der Waals surface area contributed by atoms with Crippen molar-refractivity contribution in [2.75, 3.05) is 13.2 Å². The second-order valence-corrected chi connectivity index (χ2v) is 6.46. The number of carbonyl (C=O) groups excluding carboxylic acids is 4. The van der Waals surface area contributed by atoms with Crippen LogP contribution >= 0.6 is 0 Å². The average molecular weight is 405 g/mol. The molecule has 1 rings (SSSR count). The Morgan fingerprint density at radius 2 is 1.54 bits per heavy atom. The fraction of sp³-hybridized carbons (Fsp3) is 0.765. The molecule has 0 aromatic carbocycles. The monoisotopic (exact) mass is 405 g/mol. The van der Waals surface area contributed by atoms with Crippen LogP contribution in [0.4, 0.5) is 0 Å². The molecule has 1 heterocycles. The Morgan fingerprint density at radius 3 is 2.00 bits per heavy atom. The van der Waals surface area contributed by atoms with Gasteiger partial charge in [0.2, 0.25) is 5.91 Å². The van der Waals surface area contributed by atoms with Gasteiger partial charge in [-0.05, 0) is 0 Å². The van der Waals surface area contributed by atoms with Gasteiger partial charge in [0.15, 0.2) is 12.2 Å². The van der Waals surface area contributed by atoms with Crippen LogP contribution in [0, 0.1) is 0 Å². The van der Waals surface area contributed by atoms with Crippen molar-refractivity contribution < 1.29 is 48.3 Å². The Labute approximate surface area is 162 Å². The molecule has 1 saturated heterocycles. The minimum atomic E-state index is -1.18. The Hall–Kier alpha value is -2.24. The maximum Gasteiger partial charge on any atom is 0.303 e. The molecule has 0 unspecified atom stereocenters. The summed E-state index contributed by atoms with van der Waals surface area (Å²) in [5.74, 6) is -2.49. The molecule has 160 valence electrons. The molecule has 1 aliphatic heterocycles. The van der Waals surface area contributed by atoms with Crippen LogP contribution < -0.4 is 5.32 Å². The summed E-state index contributed by atoms with van der Waals surface area (Å²) < 4.78 is 21.3. The van der Waals surface area contributed by atoms with Gasteiger partial charge in [0.05, 0.1) is 24.9 Å². The summed E-state index contributed by atoms with van der Waals surface area (Å²) in [4.78, 5) is 46.1. The van der Waals surface area contributed by atoms with Gasteiger partial charge in [0.1, 0.15) is 12.7 Å². The van der Waals surface area contributed by atoms with Crippen LogP contribution in [0.2, 0.25) is 0 Å². The van der Waals surface area contributed by atoms with Gasteiger partial charge < -0.3 is 34.5 Å². The van der Waals surface area contributed by atoms with Crippen molar-refractivity contribution in [2.24, 2.45) is 0 Å². The third-order valence-corrected chi connectivity index (χ3v) is 3.93. The number of amides is 1. The lowest BCUT2D eigenvalue weighted by Gasteiger charge is -2.45. The smallest absolute Gasteiger partial charge is 0.303 e. The highest BCUT2D eigenvalue weighted by atomic mass is 16.6. The van der Waals surface area contributed by atoms with E-state index in [1.807, 2.05) is 0 Å². The predicted molar refractivity (Wildman–Crippen MR) is 91.7 cm³/mol. The highest BCUT2D eigenvalue weighted by molar-refractivity contribution is 5.73. The molecule has 11 nitrogen and oxygen atoms in total. The molecule has 6 atom stereocenters. The van der Waals surface area contributed by atoms with Crippen LogP contribution in [0.5, 0.6) is 0 Å². The SMILES string of the molecule is CC(=O)N[C@@H]1[C@@H](OC(C)=O)[C@H](OC(C)=O)[C@@H](COC(C)=O)O[C@H]1C[C@H](O)CO. The third-order valence-electron chi connectivity index (χ3n) is 3.93. The third kappa shape index (κ3) is 7.41. The Kier molecular flexibility index (Phi) is 9.29. The van der Waals surface area contributed by atoms with Gasteiger partial charge >= 0.3 is 17.9 Å². The fourth-order valence-electron chi connectivity index (χ4n) is 2.97. The number of aliphatic hydroxyl groups excluding tert-OH is 2. The molecule has 1 amide bonds. The quantitative estimate of drug-likeness (QED) is 0.318. The maximum atomic E-state index is 11.7. The van der Waals surface area contributed by atoms with Crippen LogP contribution in [-0.4, -0.2) is 83.8 Å². The van der Waals surface area contributed by atoms with Crippen molar-refractivity contribution >= 4 is 23.8 Å². The van der Waals surface area contributed by atoms with E-state index in [4.69, 9.17) is 24.1 Å². The van der Waals surface area contributed by atoms with Crippen molar-refractivity contribution in [1.29, 1.82) is 0 Å². The topological polar surface area (TPSA) is 158 Å². The summed E-state index contributed by atoms with van der Waals surface area (Å²) in [6.45, 7) is 3.82. The zero-order chi connectivity index (χ0) is 21.4. The zero-order valence-corrected chi connectivity index (χ0v) is 16.2. The number of aliphatic hydroxyl groups is 2. The van der Waals surface area contributed by atoms with Gasteiger partial charge in [-0.2, -0.15) is 0 Å². The summed E-state index contributed by atoms with van der Waals surface area (Å²) in [7, 11) is 0. The van der Waals surface area contributed by atoms with E-state index >= 15 is 0 Å². The van der Waals surface area contributed by atoms with E-state index in [0.29, 0.717) is 0 Å². The molecule has 0 saturated carbocycles. The van der Waals surface area contributed by atoms with Gasteiger partial charge in [-0.15, -0.1) is 0 Å². The standard InChI is InChI=1S/C17H27NO10/c1-8(20)18-15-13(5-12(24)6-19)28-14(7-25-9(2)21)16(26-10(3)22)17(15)27-11(4)23/h12-17,19,24H,5-7H2,1-4H3,(H,18,20)/t12-,13-,14+,15-,16+,17+/m0/s1.